The van der Waals surface area contributed by atoms with Crippen molar-refractivity contribution < 1.29 is 0 Å². The van der Waals surface area contributed by atoms with E-state index >= 15 is 0 Å². The lowest BCUT2D eigenvalue weighted by molar-refractivity contribution is 0.303. The largest absolute Gasteiger partial charge is 0.369 e. The summed E-state index contributed by atoms with van der Waals surface area (Å²) in [5.74, 6) is 0.686. The van der Waals surface area contributed by atoms with E-state index in [4.69, 9.17) is 22.6 Å². The maximum Gasteiger partial charge on any atom is 0.221 e. The van der Waals surface area contributed by atoms with E-state index < -0.39 is 0 Å². The van der Waals surface area contributed by atoms with Gasteiger partial charge in [0.2, 0.25) is 5.96 Å². The van der Waals surface area contributed by atoms with E-state index in [1.54, 1.807) is 0 Å². The van der Waals surface area contributed by atoms with Crippen LogP contribution >= 0.6 is 0 Å². The van der Waals surface area contributed by atoms with Crippen LogP contribution in [0.15, 0.2) is 4.99 Å². The van der Waals surface area contributed by atoms with E-state index in [1.807, 2.05) is 9.80 Å². The summed E-state index contributed by atoms with van der Waals surface area (Å²) in [5.41, 5.74) is 17.7. The van der Waals surface area contributed by atoms with Gasteiger partial charge in [-0.05, 0) is 25.7 Å². The minimum absolute atomic E-state index is 0.249. The van der Waals surface area contributed by atoms with Crippen LogP contribution in [0.3, 0.4) is 0 Å². The number of aliphatic imine (C=N–C) groups is 1. The van der Waals surface area contributed by atoms with Gasteiger partial charge < -0.3 is 27.0 Å². The first kappa shape index (κ1) is 14.1. The summed E-state index contributed by atoms with van der Waals surface area (Å²) in [6.07, 6.45) is 3.69. The third kappa shape index (κ3) is 3.81. The van der Waals surface area contributed by atoms with Crippen LogP contribution in [0.4, 0.5) is 0 Å². The van der Waals surface area contributed by atoms with Gasteiger partial charge in [0.05, 0.1) is 0 Å². The Morgan fingerprint density at radius 3 is 1.79 bits per heavy atom. The highest BCUT2D eigenvalue weighted by atomic mass is 15.3. The number of rotatable bonds is 0. The molecular formula is C12H25N7. The van der Waals surface area contributed by atoms with Gasteiger partial charge in [-0.15, -0.1) is 0 Å². The average Bonchev–Trinajstić information content (AvgIpc) is 2.40. The van der Waals surface area contributed by atoms with Crippen LogP contribution in [-0.4, -0.2) is 60.0 Å². The van der Waals surface area contributed by atoms with E-state index in [1.165, 1.54) is 0 Å². The number of nitrogens with two attached hydrogens (primary N) is 3. The maximum absolute atomic E-state index is 8.00. The first-order valence-corrected chi connectivity index (χ1v) is 7.00. The lowest BCUT2D eigenvalue weighted by atomic mass is 10.1. The number of hydrogen-bond acceptors (Lipinski definition) is 3. The number of piperidine rings is 2. The zero-order valence-electron chi connectivity index (χ0n) is 11.4. The van der Waals surface area contributed by atoms with Crippen molar-refractivity contribution in [1.82, 2.24) is 9.80 Å². The second-order valence-electron chi connectivity index (χ2n) is 5.44. The minimum Gasteiger partial charge on any atom is -0.369 e. The molecule has 0 aliphatic carbocycles. The molecule has 2 rings (SSSR count). The first-order chi connectivity index (χ1) is 9.06. The maximum atomic E-state index is 8.00. The summed E-state index contributed by atoms with van der Waals surface area (Å²) in [5, 5.41) is 8.00. The van der Waals surface area contributed by atoms with Crippen molar-refractivity contribution in [3.63, 3.8) is 0 Å². The highest BCUT2D eigenvalue weighted by Crippen LogP contribution is 2.10. The molecule has 108 valence electrons. The number of guanidine groups is 2. The van der Waals surface area contributed by atoms with E-state index in [0.717, 1.165) is 51.9 Å². The summed E-state index contributed by atoms with van der Waals surface area (Å²) in [7, 11) is 0. The Morgan fingerprint density at radius 1 is 0.895 bits per heavy atom. The molecular weight excluding hydrogens is 242 g/mol. The molecule has 2 aliphatic heterocycles. The molecule has 2 heterocycles. The van der Waals surface area contributed by atoms with Crippen LogP contribution in [0.1, 0.15) is 25.7 Å². The highest BCUT2D eigenvalue weighted by molar-refractivity contribution is 5.92. The van der Waals surface area contributed by atoms with Gasteiger partial charge in [0.15, 0.2) is 5.96 Å². The van der Waals surface area contributed by atoms with Crippen LogP contribution in [0.5, 0.6) is 0 Å². The fraction of sp³-hybridized carbons (Fsp3) is 0.833. The Labute approximate surface area is 114 Å². The zero-order valence-corrected chi connectivity index (χ0v) is 11.4. The molecule has 7 heteroatoms. The lowest BCUT2D eigenvalue weighted by Crippen LogP contribution is -2.47. The Morgan fingerprint density at radius 2 is 1.32 bits per heavy atom. The Kier molecular flexibility index (Phi) is 4.60. The molecule has 0 amide bonds. The second kappa shape index (κ2) is 6.21. The van der Waals surface area contributed by atoms with Gasteiger partial charge in [0, 0.05) is 38.3 Å². The van der Waals surface area contributed by atoms with Gasteiger partial charge in [-0.1, -0.05) is 0 Å². The SMILES string of the molecule is N=C(N=C(N)N1CCC(N)CC1)N1CCC(N)CC1. The summed E-state index contributed by atoms with van der Waals surface area (Å²) in [6.45, 7) is 3.24. The number of nitrogens with one attached hydrogen (secondary N) is 1. The van der Waals surface area contributed by atoms with Crippen molar-refractivity contribution in [2.45, 2.75) is 37.8 Å². The van der Waals surface area contributed by atoms with Crippen molar-refractivity contribution in [1.29, 1.82) is 5.41 Å². The van der Waals surface area contributed by atoms with Gasteiger partial charge in [0.25, 0.3) is 0 Å². The van der Waals surface area contributed by atoms with Gasteiger partial charge in [0.1, 0.15) is 0 Å². The van der Waals surface area contributed by atoms with Crippen molar-refractivity contribution in [2.24, 2.45) is 22.2 Å². The molecule has 7 N–H and O–H groups in total. The smallest absolute Gasteiger partial charge is 0.221 e. The summed E-state index contributed by atoms with van der Waals surface area (Å²) in [6, 6.07) is 0.529. The van der Waals surface area contributed by atoms with Crippen LogP contribution in [0.2, 0.25) is 0 Å². The molecule has 2 aliphatic rings. The zero-order chi connectivity index (χ0) is 13.8. The standard InChI is InChI=1S/C12H25N7/c13-9-1-5-18(6-2-9)11(15)17-12(16)19-7-3-10(14)4-8-19/h9-10H,1-8,13-14H2,(H3,15,16,17). The van der Waals surface area contributed by atoms with Crippen molar-refractivity contribution in [2.75, 3.05) is 26.2 Å². The van der Waals surface area contributed by atoms with Crippen LogP contribution in [0.25, 0.3) is 0 Å². The molecule has 2 fully saturated rings. The molecule has 0 unspecified atom stereocenters. The molecule has 0 aromatic carbocycles. The van der Waals surface area contributed by atoms with Crippen molar-refractivity contribution in [3.05, 3.63) is 0 Å². The molecule has 19 heavy (non-hydrogen) atoms. The normalized spacial score (nSPS) is 23.8. The predicted molar refractivity (Wildman–Crippen MR) is 76.9 cm³/mol. The molecule has 0 radical (unpaired) electrons. The van der Waals surface area contributed by atoms with Crippen LogP contribution in [0, 0.1) is 5.41 Å². The molecule has 2 saturated heterocycles. The third-order valence-corrected chi connectivity index (χ3v) is 3.92. The second-order valence-corrected chi connectivity index (χ2v) is 5.44. The van der Waals surface area contributed by atoms with Gasteiger partial charge in [-0.3, -0.25) is 5.41 Å². The molecule has 0 spiro atoms. The molecule has 7 nitrogen and oxygen atoms in total. The van der Waals surface area contributed by atoms with Crippen molar-refractivity contribution >= 4 is 11.9 Å². The minimum atomic E-state index is 0.249. The Hall–Kier alpha value is -1.34. The Bertz CT molecular complexity index is 338. The fourth-order valence-electron chi connectivity index (χ4n) is 2.49. The van der Waals surface area contributed by atoms with E-state index in [2.05, 4.69) is 4.99 Å². The van der Waals surface area contributed by atoms with Gasteiger partial charge >= 0.3 is 0 Å². The average molecular weight is 267 g/mol. The molecule has 0 saturated carbocycles. The van der Waals surface area contributed by atoms with Crippen LogP contribution < -0.4 is 17.2 Å². The van der Waals surface area contributed by atoms with E-state index in [9.17, 15) is 0 Å². The summed E-state index contributed by atoms with van der Waals surface area (Å²) in [4.78, 5) is 8.17. The lowest BCUT2D eigenvalue weighted by Gasteiger charge is -2.33. The molecule has 0 bridgehead atoms. The van der Waals surface area contributed by atoms with Crippen molar-refractivity contribution in [3.8, 4) is 0 Å². The monoisotopic (exact) mass is 267 g/mol. The first-order valence-electron chi connectivity index (χ1n) is 7.00. The van der Waals surface area contributed by atoms with Crippen LogP contribution in [-0.2, 0) is 0 Å². The molecule has 0 atom stereocenters. The number of hydrogen-bond donors (Lipinski definition) is 4. The fourth-order valence-corrected chi connectivity index (χ4v) is 2.49. The molecule has 0 aromatic heterocycles. The molecule has 0 aromatic rings. The highest BCUT2D eigenvalue weighted by Gasteiger charge is 2.20. The number of likely N-dealkylation sites (tertiary alicyclic amines) is 2. The van der Waals surface area contributed by atoms with Gasteiger partial charge in [-0.25, -0.2) is 0 Å². The predicted octanol–water partition coefficient (Wildman–Crippen LogP) is -0.918. The summed E-state index contributed by atoms with van der Waals surface area (Å²) >= 11 is 0. The number of nitrogens with zero attached hydrogens (tertiary/aromatic N) is 3. The van der Waals surface area contributed by atoms with Gasteiger partial charge in [-0.2, -0.15) is 4.99 Å². The third-order valence-electron chi connectivity index (χ3n) is 3.92. The van der Waals surface area contributed by atoms with E-state index in [-0.39, 0.29) is 18.0 Å². The summed E-state index contributed by atoms with van der Waals surface area (Å²) < 4.78 is 0. The van der Waals surface area contributed by atoms with E-state index in [0.29, 0.717) is 5.96 Å². The quantitative estimate of drug-likeness (QED) is 0.334. The topological polar surface area (TPSA) is 121 Å². The Balaban J connectivity index is 1.87.